The molecular weight excluding hydrogens is 286 g/mol. The highest BCUT2D eigenvalue weighted by Crippen LogP contribution is 2.26. The Bertz CT molecular complexity index is 470. The Morgan fingerprint density at radius 1 is 1.29 bits per heavy atom. The topological polar surface area (TPSA) is 49.6 Å². The summed E-state index contributed by atoms with van der Waals surface area (Å²) in [6.45, 7) is 5.18. The quantitative estimate of drug-likeness (QED) is 0.909. The van der Waals surface area contributed by atoms with Crippen LogP contribution >= 0.6 is 11.6 Å². The second kappa shape index (κ2) is 7.66. The van der Waals surface area contributed by atoms with Gasteiger partial charge in [-0.15, -0.1) is 0 Å². The Labute approximate surface area is 131 Å². The van der Waals surface area contributed by atoms with Crippen LogP contribution in [-0.4, -0.2) is 43.0 Å². The van der Waals surface area contributed by atoms with Crippen LogP contribution in [0.2, 0.25) is 5.02 Å². The van der Waals surface area contributed by atoms with Crippen LogP contribution in [0.4, 0.5) is 5.69 Å². The fraction of sp³-hybridized carbons (Fsp3) is 0.562. The van der Waals surface area contributed by atoms with E-state index in [-0.39, 0.29) is 11.9 Å². The van der Waals surface area contributed by atoms with Crippen molar-refractivity contribution in [2.75, 3.05) is 31.1 Å². The largest absolute Gasteiger partial charge is 0.367 e. The van der Waals surface area contributed by atoms with Crippen molar-refractivity contribution in [2.45, 2.75) is 32.2 Å². The molecule has 1 aliphatic rings. The summed E-state index contributed by atoms with van der Waals surface area (Å²) in [6, 6.07) is 8.04. The first kappa shape index (κ1) is 16.1. The van der Waals surface area contributed by atoms with Crippen LogP contribution < -0.4 is 10.6 Å². The summed E-state index contributed by atoms with van der Waals surface area (Å²) in [6.07, 6.45) is 2.39. The Kier molecular flexibility index (Phi) is 5.88. The zero-order valence-corrected chi connectivity index (χ0v) is 13.4. The summed E-state index contributed by atoms with van der Waals surface area (Å²) in [7, 11) is 0. The molecule has 21 heavy (non-hydrogen) atoms. The fourth-order valence-corrected chi connectivity index (χ4v) is 2.89. The van der Waals surface area contributed by atoms with Gasteiger partial charge in [-0.1, -0.05) is 23.7 Å². The summed E-state index contributed by atoms with van der Waals surface area (Å²) in [5, 5.41) is 0.772. The molecule has 1 fully saturated rings. The Morgan fingerprint density at radius 3 is 2.57 bits per heavy atom. The standard InChI is InChI=1S/C16H24ClN3O/c1-13(18)5-4-8-16(21)20-11-9-19(10-12-20)15-7-3-2-6-14(15)17/h2-3,6-7,13H,4-5,8-12,18H2,1H3. The molecule has 0 spiro atoms. The summed E-state index contributed by atoms with van der Waals surface area (Å²) >= 11 is 6.22. The SMILES string of the molecule is CC(N)CCCC(=O)N1CCN(c2ccccc2Cl)CC1. The number of halogens is 1. The van der Waals surface area contributed by atoms with Crippen LogP contribution in [0.1, 0.15) is 26.2 Å². The number of amides is 1. The molecule has 2 N–H and O–H groups in total. The Morgan fingerprint density at radius 2 is 1.95 bits per heavy atom. The van der Waals surface area contributed by atoms with E-state index in [1.54, 1.807) is 0 Å². The summed E-state index contributed by atoms with van der Waals surface area (Å²) in [5.41, 5.74) is 6.77. The van der Waals surface area contributed by atoms with Crippen molar-refractivity contribution in [3.05, 3.63) is 29.3 Å². The molecule has 0 bridgehead atoms. The maximum absolute atomic E-state index is 12.1. The molecular formula is C16H24ClN3O. The molecule has 1 saturated heterocycles. The summed E-state index contributed by atoms with van der Waals surface area (Å²) in [5.74, 6) is 0.245. The van der Waals surface area contributed by atoms with Crippen molar-refractivity contribution in [1.29, 1.82) is 0 Å². The lowest BCUT2D eigenvalue weighted by atomic mass is 10.1. The van der Waals surface area contributed by atoms with Crippen molar-refractivity contribution in [1.82, 2.24) is 4.90 Å². The average molecular weight is 310 g/mol. The van der Waals surface area contributed by atoms with Gasteiger partial charge in [0.15, 0.2) is 0 Å². The van der Waals surface area contributed by atoms with Gasteiger partial charge < -0.3 is 15.5 Å². The van der Waals surface area contributed by atoms with Gasteiger partial charge in [0.05, 0.1) is 10.7 Å². The number of anilines is 1. The molecule has 1 amide bonds. The van der Waals surface area contributed by atoms with E-state index < -0.39 is 0 Å². The van der Waals surface area contributed by atoms with Crippen molar-refractivity contribution in [3.63, 3.8) is 0 Å². The van der Waals surface area contributed by atoms with Gasteiger partial charge in [-0.25, -0.2) is 0 Å². The predicted molar refractivity (Wildman–Crippen MR) is 87.7 cm³/mol. The zero-order valence-electron chi connectivity index (χ0n) is 12.6. The van der Waals surface area contributed by atoms with Crippen LogP contribution in [-0.2, 0) is 4.79 Å². The second-order valence-electron chi connectivity index (χ2n) is 5.69. The third-order valence-corrected chi connectivity index (χ3v) is 4.20. The summed E-state index contributed by atoms with van der Waals surface area (Å²) < 4.78 is 0. The van der Waals surface area contributed by atoms with Gasteiger partial charge in [0.1, 0.15) is 0 Å². The molecule has 0 aliphatic carbocycles. The molecule has 5 heteroatoms. The number of hydrogen-bond acceptors (Lipinski definition) is 3. The molecule has 1 aromatic rings. The first-order valence-corrected chi connectivity index (χ1v) is 7.98. The highest BCUT2D eigenvalue weighted by molar-refractivity contribution is 6.33. The van der Waals surface area contributed by atoms with Crippen LogP contribution in [0, 0.1) is 0 Å². The lowest BCUT2D eigenvalue weighted by Crippen LogP contribution is -2.48. The molecule has 4 nitrogen and oxygen atoms in total. The van der Waals surface area contributed by atoms with Gasteiger partial charge in [0.2, 0.25) is 5.91 Å². The molecule has 0 saturated carbocycles. The minimum Gasteiger partial charge on any atom is -0.367 e. The van der Waals surface area contributed by atoms with Gasteiger partial charge in [-0.05, 0) is 31.9 Å². The molecule has 1 aromatic carbocycles. The highest BCUT2D eigenvalue weighted by atomic mass is 35.5. The number of nitrogens with two attached hydrogens (primary N) is 1. The number of nitrogens with zero attached hydrogens (tertiary/aromatic N) is 2. The van der Waals surface area contributed by atoms with Crippen molar-refractivity contribution in [3.8, 4) is 0 Å². The Hall–Kier alpha value is -1.26. The van der Waals surface area contributed by atoms with Gasteiger partial charge in [0.25, 0.3) is 0 Å². The average Bonchev–Trinajstić information content (AvgIpc) is 2.47. The predicted octanol–water partition coefficient (Wildman–Crippen LogP) is 2.51. The van der Waals surface area contributed by atoms with Crippen molar-refractivity contribution in [2.24, 2.45) is 5.73 Å². The van der Waals surface area contributed by atoms with Gasteiger partial charge in [0, 0.05) is 38.6 Å². The highest BCUT2D eigenvalue weighted by Gasteiger charge is 2.21. The van der Waals surface area contributed by atoms with E-state index in [0.717, 1.165) is 49.7 Å². The van der Waals surface area contributed by atoms with Gasteiger partial charge in [-0.3, -0.25) is 4.79 Å². The number of piperazine rings is 1. The third kappa shape index (κ3) is 4.61. The lowest BCUT2D eigenvalue weighted by Gasteiger charge is -2.36. The molecule has 1 heterocycles. The Balaban J connectivity index is 1.80. The lowest BCUT2D eigenvalue weighted by molar-refractivity contribution is -0.131. The fourth-order valence-electron chi connectivity index (χ4n) is 2.64. The molecule has 1 aliphatic heterocycles. The summed E-state index contributed by atoms with van der Waals surface area (Å²) in [4.78, 5) is 16.3. The van der Waals surface area contributed by atoms with E-state index in [1.807, 2.05) is 36.1 Å². The minimum absolute atomic E-state index is 0.176. The number of para-hydroxylation sites is 1. The first-order chi connectivity index (χ1) is 10.1. The molecule has 1 unspecified atom stereocenters. The van der Waals surface area contributed by atoms with Crippen molar-refractivity contribution < 1.29 is 4.79 Å². The van der Waals surface area contributed by atoms with Gasteiger partial charge >= 0.3 is 0 Å². The number of hydrogen-bond donors (Lipinski definition) is 1. The minimum atomic E-state index is 0.176. The van der Waals surface area contributed by atoms with Gasteiger partial charge in [-0.2, -0.15) is 0 Å². The molecule has 0 radical (unpaired) electrons. The number of carbonyl (C=O) groups excluding carboxylic acids is 1. The van der Waals surface area contributed by atoms with Crippen LogP contribution in [0.3, 0.4) is 0 Å². The molecule has 116 valence electrons. The third-order valence-electron chi connectivity index (χ3n) is 3.88. The van der Waals surface area contributed by atoms with Crippen LogP contribution in [0.15, 0.2) is 24.3 Å². The van der Waals surface area contributed by atoms with E-state index in [9.17, 15) is 4.79 Å². The molecule has 1 atom stereocenters. The van der Waals surface area contributed by atoms with E-state index in [0.29, 0.717) is 6.42 Å². The second-order valence-corrected chi connectivity index (χ2v) is 6.10. The van der Waals surface area contributed by atoms with Crippen molar-refractivity contribution >= 4 is 23.2 Å². The van der Waals surface area contributed by atoms with E-state index in [2.05, 4.69) is 4.90 Å². The maximum atomic E-state index is 12.1. The number of benzene rings is 1. The van der Waals surface area contributed by atoms with Crippen LogP contribution in [0.25, 0.3) is 0 Å². The van der Waals surface area contributed by atoms with E-state index >= 15 is 0 Å². The smallest absolute Gasteiger partial charge is 0.222 e. The zero-order chi connectivity index (χ0) is 15.2. The van der Waals surface area contributed by atoms with E-state index in [4.69, 9.17) is 17.3 Å². The molecule has 0 aromatic heterocycles. The van der Waals surface area contributed by atoms with E-state index in [1.165, 1.54) is 0 Å². The number of rotatable bonds is 5. The first-order valence-electron chi connectivity index (χ1n) is 7.61. The van der Waals surface area contributed by atoms with Crippen LogP contribution in [0.5, 0.6) is 0 Å². The molecule has 2 rings (SSSR count). The number of carbonyl (C=O) groups is 1. The monoisotopic (exact) mass is 309 g/mol. The normalized spacial score (nSPS) is 16.9. The maximum Gasteiger partial charge on any atom is 0.222 e.